The molecule has 0 bridgehead atoms. The fourth-order valence-corrected chi connectivity index (χ4v) is 2.74. The van der Waals surface area contributed by atoms with Gasteiger partial charge in [-0.25, -0.2) is 5.43 Å². The zero-order valence-electron chi connectivity index (χ0n) is 11.4. The zero-order valence-corrected chi connectivity index (χ0v) is 12.1. The van der Waals surface area contributed by atoms with E-state index in [1.165, 1.54) is 10.8 Å². The number of halogens is 1. The summed E-state index contributed by atoms with van der Waals surface area (Å²) in [5.41, 5.74) is 11.5. The van der Waals surface area contributed by atoms with Crippen LogP contribution in [0.2, 0.25) is 5.02 Å². The molecule has 4 heteroatoms. The van der Waals surface area contributed by atoms with Crippen LogP contribution in [-0.2, 0) is 0 Å². The van der Waals surface area contributed by atoms with Gasteiger partial charge in [0.2, 0.25) is 0 Å². The average molecular weight is 298 g/mol. The quantitative estimate of drug-likeness (QED) is 0.393. The van der Waals surface area contributed by atoms with E-state index in [0.29, 0.717) is 10.7 Å². The van der Waals surface area contributed by atoms with Gasteiger partial charge in [0.25, 0.3) is 0 Å². The number of hydrogen-bond acceptors (Lipinski definition) is 3. The molecule has 0 saturated carbocycles. The van der Waals surface area contributed by atoms with Crippen LogP contribution in [0.5, 0.6) is 0 Å². The minimum absolute atomic E-state index is 0.174. The van der Waals surface area contributed by atoms with Gasteiger partial charge in [-0.15, -0.1) is 0 Å². The molecule has 0 aliphatic heterocycles. The number of nitrogen functional groups attached to an aromatic ring is 1. The summed E-state index contributed by atoms with van der Waals surface area (Å²) >= 11 is 5.96. The number of hydrazine groups is 1. The minimum Gasteiger partial charge on any atom is -0.398 e. The van der Waals surface area contributed by atoms with Gasteiger partial charge in [-0.2, -0.15) is 0 Å². The first-order valence-corrected chi connectivity index (χ1v) is 7.06. The predicted octanol–water partition coefficient (Wildman–Crippen LogP) is 3.63. The van der Waals surface area contributed by atoms with E-state index in [9.17, 15) is 0 Å². The SMILES string of the molecule is NNC(c1ccc2ccccc2c1)c1ccc(Cl)cc1N. The van der Waals surface area contributed by atoms with Crippen molar-refractivity contribution in [2.45, 2.75) is 6.04 Å². The van der Waals surface area contributed by atoms with Gasteiger partial charge >= 0.3 is 0 Å². The van der Waals surface area contributed by atoms with E-state index in [2.05, 4.69) is 35.8 Å². The first-order valence-electron chi connectivity index (χ1n) is 6.69. The molecule has 3 aromatic rings. The summed E-state index contributed by atoms with van der Waals surface area (Å²) in [7, 11) is 0. The van der Waals surface area contributed by atoms with Crippen LogP contribution >= 0.6 is 11.6 Å². The average Bonchev–Trinajstić information content (AvgIpc) is 2.50. The first-order chi connectivity index (χ1) is 10.2. The molecule has 21 heavy (non-hydrogen) atoms. The molecule has 0 amide bonds. The molecule has 0 aromatic heterocycles. The Kier molecular flexibility index (Phi) is 3.80. The monoisotopic (exact) mass is 297 g/mol. The molecule has 0 aliphatic rings. The van der Waals surface area contributed by atoms with Crippen molar-refractivity contribution in [3.63, 3.8) is 0 Å². The van der Waals surface area contributed by atoms with Crippen molar-refractivity contribution in [2.75, 3.05) is 5.73 Å². The first kappa shape index (κ1) is 13.9. The zero-order chi connectivity index (χ0) is 14.8. The number of fused-ring (bicyclic) bond motifs is 1. The Labute approximate surface area is 128 Å². The number of nitrogens with one attached hydrogen (secondary N) is 1. The van der Waals surface area contributed by atoms with Crippen LogP contribution in [0.4, 0.5) is 5.69 Å². The van der Waals surface area contributed by atoms with E-state index in [0.717, 1.165) is 11.1 Å². The Morgan fingerprint density at radius 3 is 2.38 bits per heavy atom. The molecule has 5 N–H and O–H groups in total. The maximum Gasteiger partial charge on any atom is 0.0730 e. The Morgan fingerprint density at radius 2 is 1.67 bits per heavy atom. The second kappa shape index (κ2) is 5.74. The molecule has 0 spiro atoms. The second-order valence-corrected chi connectivity index (χ2v) is 5.42. The maximum atomic E-state index is 6.07. The van der Waals surface area contributed by atoms with Crippen LogP contribution in [0.15, 0.2) is 60.7 Å². The predicted molar refractivity (Wildman–Crippen MR) is 89.0 cm³/mol. The van der Waals surface area contributed by atoms with Gasteiger partial charge in [0, 0.05) is 10.7 Å². The van der Waals surface area contributed by atoms with Crippen LogP contribution in [0.3, 0.4) is 0 Å². The standard InChI is InChI=1S/C17H16ClN3/c18-14-7-8-15(16(19)10-14)17(21-20)13-6-5-11-3-1-2-4-12(11)9-13/h1-10,17,21H,19-20H2. The van der Waals surface area contributed by atoms with E-state index >= 15 is 0 Å². The third kappa shape index (κ3) is 2.72. The lowest BCUT2D eigenvalue weighted by Gasteiger charge is -2.19. The fourth-order valence-electron chi connectivity index (χ4n) is 2.56. The summed E-state index contributed by atoms with van der Waals surface area (Å²) < 4.78 is 0. The third-order valence-electron chi connectivity index (χ3n) is 3.63. The smallest absolute Gasteiger partial charge is 0.0730 e. The molecule has 3 rings (SSSR count). The third-order valence-corrected chi connectivity index (χ3v) is 3.87. The van der Waals surface area contributed by atoms with Crippen molar-refractivity contribution in [1.82, 2.24) is 5.43 Å². The molecule has 1 unspecified atom stereocenters. The van der Waals surface area contributed by atoms with Crippen LogP contribution in [0, 0.1) is 0 Å². The summed E-state index contributed by atoms with van der Waals surface area (Å²) in [6, 6.07) is 19.8. The second-order valence-electron chi connectivity index (χ2n) is 4.98. The minimum atomic E-state index is -0.174. The highest BCUT2D eigenvalue weighted by atomic mass is 35.5. The van der Waals surface area contributed by atoms with Crippen LogP contribution in [0.1, 0.15) is 17.2 Å². The van der Waals surface area contributed by atoms with Gasteiger partial charge in [0.15, 0.2) is 0 Å². The van der Waals surface area contributed by atoms with Gasteiger partial charge in [0.05, 0.1) is 6.04 Å². The van der Waals surface area contributed by atoms with Gasteiger partial charge in [-0.05, 0) is 40.1 Å². The molecule has 3 nitrogen and oxygen atoms in total. The molecular formula is C17H16ClN3. The fraction of sp³-hybridized carbons (Fsp3) is 0.0588. The lowest BCUT2D eigenvalue weighted by atomic mass is 9.95. The largest absolute Gasteiger partial charge is 0.398 e. The summed E-state index contributed by atoms with van der Waals surface area (Å²) in [6.45, 7) is 0. The van der Waals surface area contributed by atoms with Crippen molar-refractivity contribution in [3.8, 4) is 0 Å². The van der Waals surface area contributed by atoms with E-state index in [4.69, 9.17) is 23.2 Å². The Balaban J connectivity index is 2.09. The Morgan fingerprint density at radius 1 is 0.905 bits per heavy atom. The molecule has 1 atom stereocenters. The normalized spacial score (nSPS) is 12.5. The van der Waals surface area contributed by atoms with E-state index in [1.807, 2.05) is 24.3 Å². The van der Waals surface area contributed by atoms with Gasteiger partial charge in [-0.3, -0.25) is 5.84 Å². The topological polar surface area (TPSA) is 64.1 Å². The van der Waals surface area contributed by atoms with Crippen molar-refractivity contribution in [1.29, 1.82) is 0 Å². The molecule has 0 radical (unpaired) electrons. The van der Waals surface area contributed by atoms with Gasteiger partial charge < -0.3 is 5.73 Å². The summed E-state index contributed by atoms with van der Waals surface area (Å²) in [5, 5.41) is 2.98. The van der Waals surface area contributed by atoms with Crippen LogP contribution in [0.25, 0.3) is 10.8 Å². The Hall–Kier alpha value is -2.07. The lowest BCUT2D eigenvalue weighted by molar-refractivity contribution is 0.639. The number of benzene rings is 3. The summed E-state index contributed by atoms with van der Waals surface area (Å²) in [5.74, 6) is 5.75. The highest BCUT2D eigenvalue weighted by Crippen LogP contribution is 2.30. The molecule has 0 aliphatic carbocycles. The molecule has 3 aromatic carbocycles. The van der Waals surface area contributed by atoms with E-state index in [1.54, 1.807) is 6.07 Å². The van der Waals surface area contributed by atoms with Crippen LogP contribution < -0.4 is 17.0 Å². The van der Waals surface area contributed by atoms with Crippen molar-refractivity contribution in [3.05, 3.63) is 76.8 Å². The van der Waals surface area contributed by atoms with E-state index < -0.39 is 0 Å². The van der Waals surface area contributed by atoms with E-state index in [-0.39, 0.29) is 6.04 Å². The maximum absolute atomic E-state index is 6.07. The number of anilines is 1. The summed E-state index contributed by atoms with van der Waals surface area (Å²) in [6.07, 6.45) is 0. The van der Waals surface area contributed by atoms with Crippen LogP contribution in [-0.4, -0.2) is 0 Å². The highest BCUT2D eigenvalue weighted by molar-refractivity contribution is 6.30. The van der Waals surface area contributed by atoms with Crippen molar-refractivity contribution >= 4 is 28.1 Å². The molecule has 0 fully saturated rings. The highest BCUT2D eigenvalue weighted by Gasteiger charge is 2.15. The number of rotatable bonds is 3. The molecule has 0 saturated heterocycles. The molecular weight excluding hydrogens is 282 g/mol. The summed E-state index contributed by atoms with van der Waals surface area (Å²) in [4.78, 5) is 0. The molecule has 0 heterocycles. The Bertz CT molecular complexity index is 786. The number of hydrogen-bond donors (Lipinski definition) is 3. The van der Waals surface area contributed by atoms with Crippen molar-refractivity contribution < 1.29 is 0 Å². The number of nitrogens with two attached hydrogens (primary N) is 2. The van der Waals surface area contributed by atoms with Gasteiger partial charge in [-0.1, -0.05) is 54.1 Å². The van der Waals surface area contributed by atoms with Crippen molar-refractivity contribution in [2.24, 2.45) is 5.84 Å². The van der Waals surface area contributed by atoms with Gasteiger partial charge in [0.1, 0.15) is 0 Å². The lowest BCUT2D eigenvalue weighted by Crippen LogP contribution is -2.29. The molecule has 106 valence electrons.